The van der Waals surface area contributed by atoms with Crippen LogP contribution in [0.15, 0.2) is 69.5 Å². The van der Waals surface area contributed by atoms with Crippen molar-refractivity contribution in [3.05, 3.63) is 54.6 Å². The molecule has 0 fully saturated rings. The molecule has 2 aromatic carbocycles. The summed E-state index contributed by atoms with van der Waals surface area (Å²) in [5.74, 6) is 0.700. The molecule has 1 aromatic heterocycles. The maximum absolute atomic E-state index is 13.0. The number of aromatic nitrogens is 2. The van der Waals surface area contributed by atoms with Crippen molar-refractivity contribution in [2.45, 2.75) is 14.9 Å². The first-order chi connectivity index (χ1) is 12.6. The Hall–Kier alpha value is -2.71. The van der Waals surface area contributed by atoms with E-state index in [0.29, 0.717) is 5.16 Å². The van der Waals surface area contributed by atoms with Gasteiger partial charge in [-0.1, -0.05) is 47.8 Å². The van der Waals surface area contributed by atoms with Gasteiger partial charge in [0.1, 0.15) is 11.6 Å². The molecule has 2 heterocycles. The summed E-state index contributed by atoms with van der Waals surface area (Å²) in [4.78, 5) is 25.1. The molecule has 8 heteroatoms. The van der Waals surface area contributed by atoms with E-state index in [0.717, 1.165) is 21.2 Å². The smallest absolute Gasteiger partial charge is 0.242 e. The van der Waals surface area contributed by atoms with Crippen LogP contribution < -0.4 is 16.4 Å². The van der Waals surface area contributed by atoms with Gasteiger partial charge in [-0.05, 0) is 24.3 Å². The molecule has 0 saturated carbocycles. The van der Waals surface area contributed by atoms with Crippen molar-refractivity contribution in [2.24, 2.45) is 0 Å². The van der Waals surface area contributed by atoms with E-state index in [1.165, 1.54) is 17.8 Å². The number of nitrogens with zero attached hydrogens (tertiary/aromatic N) is 3. The number of hydrogen-bond donors (Lipinski definition) is 2. The first-order valence-corrected chi connectivity index (χ1v) is 9.64. The Kier molecular flexibility index (Phi) is 4.44. The normalized spacial score (nSPS) is 12.4. The van der Waals surface area contributed by atoms with Crippen LogP contribution in [0.5, 0.6) is 0 Å². The number of carbonyl (C=O) groups excluding carboxylic acids is 1. The van der Waals surface area contributed by atoms with Crippen molar-refractivity contribution < 1.29 is 4.79 Å². The van der Waals surface area contributed by atoms with Crippen LogP contribution in [-0.2, 0) is 4.79 Å². The average molecular weight is 381 g/mol. The Balaban J connectivity index is 1.63. The van der Waals surface area contributed by atoms with E-state index in [2.05, 4.69) is 9.97 Å². The largest absolute Gasteiger partial charge is 0.383 e. The molecule has 4 N–H and O–H groups in total. The molecular weight excluding hydrogens is 366 g/mol. The standard InChI is InChI=1S/C18H15N5OS2/c19-15-9-16(20)22-18(21-15)25-10-17(24)23-11-5-1-3-7-13(11)26-14-8-4-2-6-12(14)23/h1-9H,10H2,(H4,19,20,21,22). The molecule has 26 heavy (non-hydrogen) atoms. The number of hydrogen-bond acceptors (Lipinski definition) is 7. The van der Waals surface area contributed by atoms with Crippen LogP contribution in [-0.4, -0.2) is 21.6 Å². The van der Waals surface area contributed by atoms with Gasteiger partial charge in [0.05, 0.1) is 17.1 Å². The van der Waals surface area contributed by atoms with Gasteiger partial charge in [0, 0.05) is 15.9 Å². The third kappa shape index (κ3) is 3.21. The number of nitrogen functional groups attached to an aromatic ring is 2. The predicted octanol–water partition coefficient (Wildman–Crippen LogP) is 3.56. The molecule has 0 bridgehead atoms. The number of carbonyl (C=O) groups is 1. The summed E-state index contributed by atoms with van der Waals surface area (Å²) in [5, 5.41) is 0.392. The zero-order valence-electron chi connectivity index (χ0n) is 13.6. The van der Waals surface area contributed by atoms with Gasteiger partial charge < -0.3 is 11.5 Å². The van der Waals surface area contributed by atoms with E-state index >= 15 is 0 Å². The van der Waals surface area contributed by atoms with E-state index in [4.69, 9.17) is 11.5 Å². The fourth-order valence-electron chi connectivity index (χ4n) is 2.69. The Labute approximate surface area is 159 Å². The summed E-state index contributed by atoms with van der Waals surface area (Å²) >= 11 is 2.88. The second kappa shape index (κ2) is 6.89. The van der Waals surface area contributed by atoms with Gasteiger partial charge in [0.15, 0.2) is 5.16 Å². The number of rotatable bonds is 3. The lowest BCUT2D eigenvalue weighted by Gasteiger charge is -2.30. The number of thioether (sulfide) groups is 1. The fourth-order valence-corrected chi connectivity index (χ4v) is 4.47. The van der Waals surface area contributed by atoms with Crippen LogP contribution in [0.1, 0.15) is 0 Å². The van der Waals surface area contributed by atoms with Crippen molar-refractivity contribution in [3.8, 4) is 0 Å². The Morgan fingerprint density at radius 3 is 2.08 bits per heavy atom. The zero-order valence-corrected chi connectivity index (χ0v) is 15.3. The van der Waals surface area contributed by atoms with Gasteiger partial charge in [0.25, 0.3) is 0 Å². The molecular formula is C18H15N5OS2. The van der Waals surface area contributed by atoms with Crippen LogP contribution in [0.4, 0.5) is 23.0 Å². The number of amides is 1. The SMILES string of the molecule is Nc1cc(N)nc(SCC(=O)N2c3ccccc3Sc3ccccc32)n1. The van der Waals surface area contributed by atoms with Crippen molar-refractivity contribution >= 4 is 52.4 Å². The molecule has 0 unspecified atom stereocenters. The van der Waals surface area contributed by atoms with Gasteiger partial charge >= 0.3 is 0 Å². The predicted molar refractivity (Wildman–Crippen MR) is 106 cm³/mol. The fraction of sp³-hybridized carbons (Fsp3) is 0.0556. The molecule has 3 aromatic rings. The molecule has 1 aliphatic rings. The summed E-state index contributed by atoms with van der Waals surface area (Å²) in [6, 6.07) is 17.2. The van der Waals surface area contributed by atoms with E-state index in [1.54, 1.807) is 16.7 Å². The van der Waals surface area contributed by atoms with Crippen molar-refractivity contribution in [1.82, 2.24) is 9.97 Å². The molecule has 1 amide bonds. The minimum Gasteiger partial charge on any atom is -0.383 e. The third-order valence-electron chi connectivity index (χ3n) is 3.75. The lowest BCUT2D eigenvalue weighted by Crippen LogP contribution is -2.30. The number of fused-ring (bicyclic) bond motifs is 2. The number of anilines is 4. The Morgan fingerprint density at radius 1 is 0.962 bits per heavy atom. The van der Waals surface area contributed by atoms with Crippen LogP contribution in [0.2, 0.25) is 0 Å². The number of nitrogens with two attached hydrogens (primary N) is 2. The zero-order chi connectivity index (χ0) is 18.1. The number of para-hydroxylation sites is 2. The van der Waals surface area contributed by atoms with E-state index < -0.39 is 0 Å². The highest BCUT2D eigenvalue weighted by atomic mass is 32.2. The molecule has 1 aliphatic heterocycles. The minimum atomic E-state index is -0.0557. The highest BCUT2D eigenvalue weighted by Crippen LogP contribution is 2.48. The quantitative estimate of drug-likeness (QED) is 0.529. The van der Waals surface area contributed by atoms with Crippen molar-refractivity contribution in [1.29, 1.82) is 0 Å². The molecule has 130 valence electrons. The maximum Gasteiger partial charge on any atom is 0.242 e. The topological polar surface area (TPSA) is 98.1 Å². The van der Waals surface area contributed by atoms with Gasteiger partial charge in [-0.15, -0.1) is 0 Å². The molecule has 0 atom stereocenters. The summed E-state index contributed by atoms with van der Waals surface area (Å²) in [6.45, 7) is 0. The lowest BCUT2D eigenvalue weighted by atomic mass is 10.2. The van der Waals surface area contributed by atoms with E-state index in [-0.39, 0.29) is 23.3 Å². The Bertz CT molecular complexity index is 929. The van der Waals surface area contributed by atoms with Crippen LogP contribution >= 0.6 is 23.5 Å². The first-order valence-electron chi connectivity index (χ1n) is 7.83. The summed E-state index contributed by atoms with van der Waals surface area (Å²) < 4.78 is 0. The highest BCUT2D eigenvalue weighted by Gasteiger charge is 2.27. The lowest BCUT2D eigenvalue weighted by molar-refractivity contribution is -0.115. The van der Waals surface area contributed by atoms with Gasteiger partial charge in [-0.3, -0.25) is 9.69 Å². The third-order valence-corrected chi connectivity index (χ3v) is 5.71. The summed E-state index contributed by atoms with van der Waals surface area (Å²) in [6.07, 6.45) is 0. The highest BCUT2D eigenvalue weighted by molar-refractivity contribution is 8.00. The molecule has 6 nitrogen and oxygen atoms in total. The molecule has 0 aliphatic carbocycles. The average Bonchev–Trinajstić information content (AvgIpc) is 2.63. The van der Waals surface area contributed by atoms with Gasteiger partial charge in [-0.25, -0.2) is 9.97 Å². The molecule has 0 radical (unpaired) electrons. The van der Waals surface area contributed by atoms with Crippen molar-refractivity contribution in [2.75, 3.05) is 22.1 Å². The minimum absolute atomic E-state index is 0.0557. The second-order valence-electron chi connectivity index (χ2n) is 5.56. The van der Waals surface area contributed by atoms with Crippen LogP contribution in [0.3, 0.4) is 0 Å². The Morgan fingerprint density at radius 2 is 1.50 bits per heavy atom. The van der Waals surface area contributed by atoms with Crippen LogP contribution in [0.25, 0.3) is 0 Å². The maximum atomic E-state index is 13.0. The van der Waals surface area contributed by atoms with Gasteiger partial charge in [0.2, 0.25) is 5.91 Å². The monoisotopic (exact) mass is 381 g/mol. The summed E-state index contributed by atoms with van der Waals surface area (Å²) in [5.41, 5.74) is 13.2. The van der Waals surface area contributed by atoms with Crippen molar-refractivity contribution in [3.63, 3.8) is 0 Å². The molecule has 0 saturated heterocycles. The van der Waals surface area contributed by atoms with E-state index in [9.17, 15) is 4.79 Å². The van der Waals surface area contributed by atoms with Gasteiger partial charge in [-0.2, -0.15) is 0 Å². The number of benzene rings is 2. The molecule has 0 spiro atoms. The molecule has 4 rings (SSSR count). The first kappa shape index (κ1) is 16.7. The van der Waals surface area contributed by atoms with Crippen LogP contribution in [0, 0.1) is 0 Å². The summed E-state index contributed by atoms with van der Waals surface area (Å²) in [7, 11) is 0. The van der Waals surface area contributed by atoms with E-state index in [1.807, 2.05) is 48.5 Å². The second-order valence-corrected chi connectivity index (χ2v) is 7.58.